The van der Waals surface area contributed by atoms with Gasteiger partial charge in [0.15, 0.2) is 0 Å². The predicted octanol–water partition coefficient (Wildman–Crippen LogP) is 8.40. The van der Waals surface area contributed by atoms with Crippen molar-refractivity contribution in [1.82, 2.24) is 0 Å². The number of hydrogen-bond acceptors (Lipinski definition) is 1. The van der Waals surface area contributed by atoms with Crippen LogP contribution >= 0.6 is 0 Å². The predicted molar refractivity (Wildman–Crippen MR) is 62.7 cm³/mol. The van der Waals surface area contributed by atoms with Crippen molar-refractivity contribution in [3.05, 3.63) is 0 Å². The molecule has 0 aliphatic rings. The first kappa shape index (κ1) is 37.1. The Morgan fingerprint density at radius 1 is 0.205 bits per heavy atom. The Labute approximate surface area is 192 Å². The van der Waals surface area contributed by atoms with Gasteiger partial charge in [-0.1, -0.05) is 0 Å². The highest BCUT2D eigenvalue weighted by atomic mass is 19.4. The lowest BCUT2D eigenvalue weighted by molar-refractivity contribution is -0.528. The molecule has 39 heavy (non-hydrogen) atoms. The molecule has 0 aromatic heterocycles. The molecule has 0 unspecified atom stereocenters. The molecule has 0 amide bonds. The highest BCUT2D eigenvalue weighted by molar-refractivity contribution is 5.11. The minimum atomic E-state index is -9.09. The van der Waals surface area contributed by atoms with E-state index in [1.165, 1.54) is 0 Å². The maximum Gasteiger partial charge on any atom is 0.460 e. The van der Waals surface area contributed by atoms with Crippen molar-refractivity contribution in [1.29, 1.82) is 0 Å². The fourth-order valence-corrected chi connectivity index (χ4v) is 1.80. The molecule has 0 heterocycles. The Kier molecular flexibility index (Phi) is 8.40. The van der Waals surface area contributed by atoms with Crippen molar-refractivity contribution in [3.8, 4) is 0 Å². The highest BCUT2D eigenvalue weighted by Gasteiger charge is 2.95. The molecule has 27 heteroatoms. The van der Waals surface area contributed by atoms with E-state index in [-0.39, 0.29) is 0 Å². The lowest BCUT2D eigenvalue weighted by atomic mass is 9.96. The molecule has 0 aliphatic carbocycles. The summed E-state index contributed by atoms with van der Waals surface area (Å²) in [6.45, 7) is 0. The van der Waals surface area contributed by atoms with Crippen LogP contribution in [0.25, 0.3) is 0 Å². The molecule has 1 nitrogen and oxygen atoms in total. The van der Waals surface area contributed by atoms with Crippen molar-refractivity contribution in [3.63, 3.8) is 0 Å². The van der Waals surface area contributed by atoms with Gasteiger partial charge in [0, 0.05) is 0 Å². The number of rotatable bonds is 10. The van der Waals surface area contributed by atoms with Crippen LogP contribution in [0.2, 0.25) is 0 Å². The Morgan fingerprint density at radius 3 is 0.513 bits per heavy atom. The normalized spacial score (nSPS) is 17.1. The summed E-state index contributed by atoms with van der Waals surface area (Å²) in [4.78, 5) is 0. The van der Waals surface area contributed by atoms with Gasteiger partial charge in [0.2, 0.25) is 0 Å². The third-order valence-electron chi connectivity index (χ3n) is 4.07. The van der Waals surface area contributed by atoms with Crippen LogP contribution in [0.15, 0.2) is 0 Å². The first-order valence-electron chi connectivity index (χ1n) is 7.82. The molecular weight excluding hydrogens is 654 g/mol. The molecule has 0 atom stereocenters. The summed E-state index contributed by atoms with van der Waals surface area (Å²) in [5.41, 5.74) is 0. The zero-order valence-corrected chi connectivity index (χ0v) is 16.2. The molecule has 0 saturated carbocycles. The second-order valence-corrected chi connectivity index (χ2v) is 6.73. The summed E-state index contributed by atoms with van der Waals surface area (Å²) < 4.78 is 332. The summed E-state index contributed by atoms with van der Waals surface area (Å²) >= 11 is 0. The van der Waals surface area contributed by atoms with Crippen molar-refractivity contribution < 1.29 is 119 Å². The molecule has 0 rings (SSSR count). The summed E-state index contributed by atoms with van der Waals surface area (Å²) in [6, 6.07) is 0. The minimum absolute atomic E-state index is 0.669. The standard InChI is InChI=1S/C12F26O/c13-1(14,5(21,22)9(29,30)31)3(17,18)7(25,26)11(35,36)39-12(37,38)8(27,28)4(19,20)2(15,16)6(23,24)10(32,33)34. The Balaban J connectivity index is 6.90. The molecule has 0 aromatic rings. The van der Waals surface area contributed by atoms with E-state index < -0.39 is 72.0 Å². The smallest absolute Gasteiger partial charge is 0.245 e. The van der Waals surface area contributed by atoms with Crippen LogP contribution in [0.3, 0.4) is 0 Å². The monoisotopic (exact) mass is 654 g/mol. The maximum absolute atomic E-state index is 13.2. The van der Waals surface area contributed by atoms with Gasteiger partial charge < -0.3 is 0 Å². The molecule has 0 spiro atoms. The summed E-state index contributed by atoms with van der Waals surface area (Å²) in [6.07, 6.45) is -33.9. The van der Waals surface area contributed by atoms with Crippen LogP contribution in [0.5, 0.6) is 0 Å². The number of ether oxygens (including phenoxy) is 1. The summed E-state index contributed by atoms with van der Waals surface area (Å²) in [5, 5.41) is 0. The van der Waals surface area contributed by atoms with Crippen LogP contribution in [0, 0.1) is 0 Å². The molecule has 0 bridgehead atoms. The third kappa shape index (κ3) is 4.75. The van der Waals surface area contributed by atoms with E-state index >= 15 is 0 Å². The summed E-state index contributed by atoms with van der Waals surface area (Å²) in [7, 11) is 0. The Bertz CT molecular complexity index is 814. The maximum atomic E-state index is 13.2. The van der Waals surface area contributed by atoms with Crippen molar-refractivity contribution in [2.24, 2.45) is 0 Å². The Morgan fingerprint density at radius 2 is 0.359 bits per heavy atom. The molecule has 0 aliphatic heterocycles. The fourth-order valence-electron chi connectivity index (χ4n) is 1.80. The molecule has 236 valence electrons. The topological polar surface area (TPSA) is 9.23 Å². The Hall–Kier alpha value is -1.86. The van der Waals surface area contributed by atoms with Gasteiger partial charge in [-0.25, -0.2) is 4.74 Å². The van der Waals surface area contributed by atoms with Gasteiger partial charge >= 0.3 is 72.0 Å². The molecular formula is C12F26O. The lowest BCUT2D eigenvalue weighted by Crippen LogP contribution is -2.73. The van der Waals surface area contributed by atoms with Crippen LogP contribution in [0.4, 0.5) is 114 Å². The third-order valence-corrected chi connectivity index (χ3v) is 4.07. The first-order chi connectivity index (χ1) is 16.2. The van der Waals surface area contributed by atoms with E-state index in [2.05, 4.69) is 0 Å². The average molecular weight is 654 g/mol. The molecule has 0 aromatic carbocycles. The van der Waals surface area contributed by atoms with Gasteiger partial charge in [0.25, 0.3) is 0 Å². The molecule has 0 saturated heterocycles. The lowest BCUT2D eigenvalue weighted by Gasteiger charge is -2.42. The van der Waals surface area contributed by atoms with E-state index in [1.807, 2.05) is 0 Å². The molecule has 0 N–H and O–H groups in total. The second kappa shape index (κ2) is 8.82. The van der Waals surface area contributed by atoms with E-state index in [0.717, 1.165) is 0 Å². The highest BCUT2D eigenvalue weighted by Crippen LogP contribution is 2.64. The summed E-state index contributed by atoms with van der Waals surface area (Å²) in [5.74, 6) is -71.2. The van der Waals surface area contributed by atoms with E-state index in [9.17, 15) is 114 Å². The van der Waals surface area contributed by atoms with Gasteiger partial charge in [-0.15, -0.1) is 0 Å². The van der Waals surface area contributed by atoms with E-state index in [0.29, 0.717) is 4.74 Å². The van der Waals surface area contributed by atoms with Crippen molar-refractivity contribution in [2.45, 2.75) is 72.0 Å². The second-order valence-electron chi connectivity index (χ2n) is 6.73. The van der Waals surface area contributed by atoms with Crippen LogP contribution in [-0.4, -0.2) is 72.0 Å². The van der Waals surface area contributed by atoms with Crippen LogP contribution in [0.1, 0.15) is 0 Å². The van der Waals surface area contributed by atoms with Crippen LogP contribution in [-0.2, 0) is 4.74 Å². The largest absolute Gasteiger partial charge is 0.460 e. The first-order valence-corrected chi connectivity index (χ1v) is 7.82. The van der Waals surface area contributed by atoms with E-state index in [4.69, 9.17) is 0 Å². The fraction of sp³-hybridized carbons (Fsp3) is 1.00. The van der Waals surface area contributed by atoms with E-state index in [1.54, 1.807) is 0 Å². The van der Waals surface area contributed by atoms with Gasteiger partial charge in [-0.05, 0) is 0 Å². The molecule has 0 fully saturated rings. The van der Waals surface area contributed by atoms with Crippen LogP contribution < -0.4 is 0 Å². The minimum Gasteiger partial charge on any atom is -0.245 e. The van der Waals surface area contributed by atoms with Crippen molar-refractivity contribution >= 4 is 0 Å². The van der Waals surface area contributed by atoms with Gasteiger partial charge in [0.1, 0.15) is 0 Å². The number of alkyl halides is 26. The molecule has 0 radical (unpaired) electrons. The van der Waals surface area contributed by atoms with Gasteiger partial charge in [-0.2, -0.15) is 114 Å². The zero-order chi connectivity index (χ0) is 32.7. The number of hydrogen-bond donors (Lipinski definition) is 0. The quantitative estimate of drug-likeness (QED) is 0.215. The van der Waals surface area contributed by atoms with Gasteiger partial charge in [0.05, 0.1) is 0 Å². The van der Waals surface area contributed by atoms with Crippen molar-refractivity contribution in [2.75, 3.05) is 0 Å². The number of halogens is 26. The SMILES string of the molecule is FC(F)(F)C(F)(F)C(F)(F)C(F)(F)C(F)(F)C(F)(F)OC(F)(F)C(F)(F)C(F)(F)C(F)(F)C(F)(F)C(F)(F)F. The zero-order valence-electron chi connectivity index (χ0n) is 16.2. The average Bonchev–Trinajstić information content (AvgIpc) is 2.63. The van der Waals surface area contributed by atoms with Gasteiger partial charge in [-0.3, -0.25) is 0 Å².